The molecule has 1 atom stereocenters. The van der Waals surface area contributed by atoms with Crippen LogP contribution in [0.3, 0.4) is 0 Å². The lowest BCUT2D eigenvalue weighted by Crippen LogP contribution is -2.40. The zero-order chi connectivity index (χ0) is 21.7. The summed E-state index contributed by atoms with van der Waals surface area (Å²) in [5.74, 6) is 1.14. The van der Waals surface area contributed by atoms with E-state index in [0.29, 0.717) is 42.4 Å². The van der Waals surface area contributed by atoms with Gasteiger partial charge in [0, 0.05) is 31.3 Å². The van der Waals surface area contributed by atoms with Crippen molar-refractivity contribution in [2.24, 2.45) is 5.92 Å². The number of amides is 2. The minimum absolute atomic E-state index is 0.0727. The molecule has 1 fully saturated rings. The van der Waals surface area contributed by atoms with Crippen molar-refractivity contribution < 1.29 is 18.8 Å². The van der Waals surface area contributed by atoms with Crippen LogP contribution >= 0.6 is 11.6 Å². The number of hydrogen-bond donors (Lipinski definition) is 1. The molecule has 7 nitrogen and oxygen atoms in total. The van der Waals surface area contributed by atoms with E-state index in [1.54, 1.807) is 36.3 Å². The largest absolute Gasteiger partial charge is 0.495 e. The highest BCUT2D eigenvalue weighted by Crippen LogP contribution is 2.28. The highest BCUT2D eigenvalue weighted by Gasteiger charge is 2.27. The maximum Gasteiger partial charge on any atom is 0.292 e. The van der Waals surface area contributed by atoms with E-state index in [1.165, 1.54) is 0 Å². The van der Waals surface area contributed by atoms with E-state index in [1.807, 2.05) is 13.8 Å². The Hall–Kier alpha value is -2.54. The fourth-order valence-corrected chi connectivity index (χ4v) is 3.86. The molecule has 3 rings (SSSR count). The third-order valence-corrected chi connectivity index (χ3v) is 5.65. The van der Waals surface area contributed by atoms with Crippen molar-refractivity contribution in [2.75, 3.05) is 25.5 Å². The van der Waals surface area contributed by atoms with Gasteiger partial charge in [-0.3, -0.25) is 9.59 Å². The van der Waals surface area contributed by atoms with E-state index in [2.05, 4.69) is 10.5 Å². The maximum absolute atomic E-state index is 12.7. The summed E-state index contributed by atoms with van der Waals surface area (Å²) >= 11 is 6.10. The number of benzene rings is 1. The molecule has 2 heterocycles. The quantitative estimate of drug-likeness (QED) is 0.682. The molecule has 0 aliphatic carbocycles. The van der Waals surface area contributed by atoms with Gasteiger partial charge in [0.25, 0.3) is 5.91 Å². The Labute approximate surface area is 181 Å². The van der Waals surface area contributed by atoms with E-state index >= 15 is 0 Å². The number of nitrogens with zero attached hydrogens (tertiary/aromatic N) is 2. The Morgan fingerprint density at radius 3 is 2.83 bits per heavy atom. The van der Waals surface area contributed by atoms with Crippen LogP contribution in [-0.2, 0) is 4.79 Å². The zero-order valence-electron chi connectivity index (χ0n) is 17.6. The summed E-state index contributed by atoms with van der Waals surface area (Å²) in [7, 11) is 1.54. The summed E-state index contributed by atoms with van der Waals surface area (Å²) in [5.41, 5.74) is 1.42. The number of ether oxygens (including phenoxy) is 1. The molecule has 1 aliphatic rings. The first kappa shape index (κ1) is 22.2. The lowest BCUT2D eigenvalue weighted by molar-refractivity contribution is -0.116. The third-order valence-electron chi connectivity index (χ3n) is 5.35. The molecule has 1 N–H and O–H groups in total. The Bertz CT molecular complexity index is 896. The van der Waals surface area contributed by atoms with Gasteiger partial charge in [-0.2, -0.15) is 0 Å². The molecule has 0 radical (unpaired) electrons. The van der Waals surface area contributed by atoms with Crippen LogP contribution in [0.15, 0.2) is 28.8 Å². The maximum atomic E-state index is 12.7. The molecule has 2 amide bonds. The van der Waals surface area contributed by atoms with Gasteiger partial charge in [-0.1, -0.05) is 30.6 Å². The van der Waals surface area contributed by atoms with Crippen LogP contribution in [0.2, 0.25) is 5.02 Å². The summed E-state index contributed by atoms with van der Waals surface area (Å²) in [6.45, 7) is 5.34. The number of methoxy groups -OCH3 is 1. The summed E-state index contributed by atoms with van der Waals surface area (Å²) in [5, 5.41) is 7.29. The standard InChI is InChI=1S/C22H28ClN3O4/c1-14(2)18-12-20(30-25-18)22(28)26-10-4-5-15(13-26)6-9-21(27)24-16-7-8-19(29-3)17(23)11-16/h7-8,11-12,14-15H,4-6,9-10,13H2,1-3H3,(H,24,27). The lowest BCUT2D eigenvalue weighted by Gasteiger charge is -2.32. The van der Waals surface area contributed by atoms with Crippen LogP contribution in [-0.4, -0.2) is 42.1 Å². The number of carbonyl (C=O) groups excluding carboxylic acids is 2. The van der Waals surface area contributed by atoms with E-state index in [0.717, 1.165) is 18.5 Å². The van der Waals surface area contributed by atoms with Gasteiger partial charge in [-0.15, -0.1) is 0 Å². The van der Waals surface area contributed by atoms with Crippen LogP contribution < -0.4 is 10.1 Å². The Kier molecular flexibility index (Phi) is 7.37. The molecule has 1 aliphatic heterocycles. The van der Waals surface area contributed by atoms with Gasteiger partial charge in [0.2, 0.25) is 11.7 Å². The van der Waals surface area contributed by atoms with Crippen molar-refractivity contribution >= 4 is 29.1 Å². The molecule has 1 saturated heterocycles. The van der Waals surface area contributed by atoms with Crippen LogP contribution in [0.25, 0.3) is 0 Å². The molecule has 162 valence electrons. The van der Waals surface area contributed by atoms with E-state index in [9.17, 15) is 9.59 Å². The monoisotopic (exact) mass is 433 g/mol. The first-order valence-corrected chi connectivity index (χ1v) is 10.6. The van der Waals surface area contributed by atoms with Gasteiger partial charge in [-0.05, 0) is 49.3 Å². The summed E-state index contributed by atoms with van der Waals surface area (Å²) < 4.78 is 10.4. The van der Waals surface area contributed by atoms with Gasteiger partial charge < -0.3 is 19.5 Å². The van der Waals surface area contributed by atoms with Crippen molar-refractivity contribution in [1.29, 1.82) is 0 Å². The molecule has 8 heteroatoms. The summed E-state index contributed by atoms with van der Waals surface area (Å²) in [4.78, 5) is 26.9. The minimum Gasteiger partial charge on any atom is -0.495 e. The van der Waals surface area contributed by atoms with Crippen molar-refractivity contribution in [2.45, 2.75) is 45.4 Å². The summed E-state index contributed by atoms with van der Waals surface area (Å²) in [6.07, 6.45) is 3.01. The Balaban J connectivity index is 1.50. The van der Waals surface area contributed by atoms with E-state index in [-0.39, 0.29) is 29.4 Å². The second-order valence-corrected chi connectivity index (χ2v) is 8.37. The highest BCUT2D eigenvalue weighted by molar-refractivity contribution is 6.32. The number of aromatic nitrogens is 1. The third kappa shape index (κ3) is 5.53. The number of piperidine rings is 1. The topological polar surface area (TPSA) is 84.7 Å². The molecule has 2 aromatic rings. The average molecular weight is 434 g/mol. The summed E-state index contributed by atoms with van der Waals surface area (Å²) in [6, 6.07) is 6.87. The molecule has 1 unspecified atom stereocenters. The zero-order valence-corrected chi connectivity index (χ0v) is 18.4. The number of halogens is 1. The molecule has 1 aromatic carbocycles. The Morgan fingerprint density at radius 2 is 2.17 bits per heavy atom. The Morgan fingerprint density at radius 1 is 1.37 bits per heavy atom. The van der Waals surface area contributed by atoms with Crippen molar-refractivity contribution in [3.05, 3.63) is 40.7 Å². The fraction of sp³-hybridized carbons (Fsp3) is 0.500. The predicted octanol–water partition coefficient (Wildman–Crippen LogP) is 4.73. The van der Waals surface area contributed by atoms with Crippen LogP contribution in [0, 0.1) is 5.92 Å². The van der Waals surface area contributed by atoms with Crippen molar-refractivity contribution in [3.8, 4) is 5.75 Å². The van der Waals surface area contributed by atoms with Crippen molar-refractivity contribution in [3.63, 3.8) is 0 Å². The van der Waals surface area contributed by atoms with Gasteiger partial charge in [-0.25, -0.2) is 0 Å². The molecule has 0 saturated carbocycles. The number of carbonyl (C=O) groups is 2. The molecule has 0 bridgehead atoms. The van der Waals surface area contributed by atoms with Gasteiger partial charge in [0.1, 0.15) is 5.75 Å². The smallest absolute Gasteiger partial charge is 0.292 e. The first-order chi connectivity index (χ1) is 14.4. The normalized spacial score (nSPS) is 16.6. The van der Waals surface area contributed by atoms with Crippen LogP contribution in [0.5, 0.6) is 5.75 Å². The number of anilines is 1. The van der Waals surface area contributed by atoms with E-state index < -0.39 is 0 Å². The number of nitrogens with one attached hydrogen (secondary N) is 1. The lowest BCUT2D eigenvalue weighted by atomic mass is 9.93. The molecule has 1 aromatic heterocycles. The van der Waals surface area contributed by atoms with Crippen LogP contribution in [0.1, 0.15) is 61.7 Å². The minimum atomic E-state index is -0.128. The fourth-order valence-electron chi connectivity index (χ4n) is 3.61. The van der Waals surface area contributed by atoms with Crippen molar-refractivity contribution in [1.82, 2.24) is 10.1 Å². The second-order valence-electron chi connectivity index (χ2n) is 7.97. The molecule has 0 spiro atoms. The average Bonchev–Trinajstić information content (AvgIpc) is 3.23. The van der Waals surface area contributed by atoms with E-state index in [4.69, 9.17) is 20.9 Å². The second kappa shape index (κ2) is 9.98. The highest BCUT2D eigenvalue weighted by atomic mass is 35.5. The molecular formula is C22H28ClN3O4. The molecule has 30 heavy (non-hydrogen) atoms. The first-order valence-electron chi connectivity index (χ1n) is 10.3. The molecular weight excluding hydrogens is 406 g/mol. The SMILES string of the molecule is COc1ccc(NC(=O)CCC2CCCN(C(=O)c3cc(C(C)C)no3)C2)cc1Cl. The van der Waals surface area contributed by atoms with Gasteiger partial charge in [0.15, 0.2) is 0 Å². The van der Waals surface area contributed by atoms with Gasteiger partial charge in [0.05, 0.1) is 17.8 Å². The number of hydrogen-bond acceptors (Lipinski definition) is 5. The van der Waals surface area contributed by atoms with Gasteiger partial charge >= 0.3 is 0 Å². The predicted molar refractivity (Wildman–Crippen MR) is 115 cm³/mol. The number of rotatable bonds is 7. The van der Waals surface area contributed by atoms with Crippen LogP contribution in [0.4, 0.5) is 5.69 Å². The number of likely N-dealkylation sites (tertiary alicyclic amines) is 1.